The van der Waals surface area contributed by atoms with E-state index in [1.165, 1.54) is 30.3 Å². The van der Waals surface area contributed by atoms with E-state index in [4.69, 9.17) is 0 Å². The summed E-state index contributed by atoms with van der Waals surface area (Å²) < 4.78 is 26.5. The van der Waals surface area contributed by atoms with Crippen LogP contribution in [0.5, 0.6) is 5.75 Å². The second-order valence-corrected chi connectivity index (χ2v) is 6.06. The van der Waals surface area contributed by atoms with Crippen molar-refractivity contribution < 1.29 is 18.4 Å². The van der Waals surface area contributed by atoms with Crippen molar-refractivity contribution in [3.8, 4) is 5.75 Å². The van der Waals surface area contributed by atoms with Crippen molar-refractivity contribution in [1.82, 2.24) is 0 Å². The Balaban J connectivity index is 2.38. The molecule has 7 nitrogen and oxygen atoms in total. The molecule has 2 aromatic carbocycles. The van der Waals surface area contributed by atoms with Gasteiger partial charge in [-0.05, 0) is 30.7 Å². The first-order valence-corrected chi connectivity index (χ1v) is 7.35. The third kappa shape index (κ3) is 3.29. The maximum atomic E-state index is 12.2. The molecule has 0 saturated carbocycles. The molecule has 0 fully saturated rings. The van der Waals surface area contributed by atoms with E-state index < -0.39 is 14.9 Å². The first kappa shape index (κ1) is 14.8. The fraction of sp³-hybridized carbons (Fsp3) is 0.0769. The average molecular weight is 308 g/mol. The van der Waals surface area contributed by atoms with Gasteiger partial charge in [-0.3, -0.25) is 14.8 Å². The van der Waals surface area contributed by atoms with E-state index in [1.54, 1.807) is 13.0 Å². The highest BCUT2D eigenvalue weighted by atomic mass is 32.2. The first-order chi connectivity index (χ1) is 9.79. The largest absolute Gasteiger partial charge is 0.506 e. The summed E-state index contributed by atoms with van der Waals surface area (Å²) in [6.45, 7) is 1.75. The number of non-ortho nitro benzene ring substituents is 1. The van der Waals surface area contributed by atoms with Crippen molar-refractivity contribution in [1.29, 1.82) is 0 Å². The average Bonchev–Trinajstić information content (AvgIpc) is 2.42. The Hall–Kier alpha value is -2.61. The number of nitrogens with zero attached hydrogens (tertiary/aromatic N) is 1. The Bertz CT molecular complexity index is 802. The van der Waals surface area contributed by atoms with Crippen molar-refractivity contribution in [2.24, 2.45) is 0 Å². The number of nitro groups is 1. The summed E-state index contributed by atoms with van der Waals surface area (Å²) >= 11 is 0. The van der Waals surface area contributed by atoms with Crippen LogP contribution in [0.25, 0.3) is 0 Å². The molecule has 21 heavy (non-hydrogen) atoms. The van der Waals surface area contributed by atoms with Crippen molar-refractivity contribution in [3.05, 3.63) is 58.1 Å². The Kier molecular flexibility index (Phi) is 3.81. The number of anilines is 1. The van der Waals surface area contributed by atoms with Crippen LogP contribution < -0.4 is 4.72 Å². The molecular formula is C13H12N2O5S. The molecule has 2 rings (SSSR count). The predicted octanol–water partition coefficient (Wildman–Crippen LogP) is 2.41. The van der Waals surface area contributed by atoms with Crippen molar-refractivity contribution in [2.75, 3.05) is 4.72 Å². The number of aryl methyl sites for hydroxylation is 1. The summed E-state index contributed by atoms with van der Waals surface area (Å²) in [5, 5.41) is 20.4. The molecule has 110 valence electrons. The third-order valence-electron chi connectivity index (χ3n) is 2.74. The van der Waals surface area contributed by atoms with Gasteiger partial charge in [-0.15, -0.1) is 0 Å². The number of aromatic hydroxyl groups is 1. The lowest BCUT2D eigenvalue weighted by Crippen LogP contribution is -2.13. The number of nitro benzene ring substituents is 1. The van der Waals surface area contributed by atoms with Gasteiger partial charge >= 0.3 is 0 Å². The van der Waals surface area contributed by atoms with Gasteiger partial charge in [-0.2, -0.15) is 0 Å². The topological polar surface area (TPSA) is 110 Å². The van der Waals surface area contributed by atoms with Crippen LogP contribution in [0.3, 0.4) is 0 Å². The van der Waals surface area contributed by atoms with Gasteiger partial charge in [-0.1, -0.05) is 12.1 Å². The van der Waals surface area contributed by atoms with E-state index in [1.807, 2.05) is 0 Å². The molecule has 0 aliphatic heterocycles. The van der Waals surface area contributed by atoms with Gasteiger partial charge in [0.1, 0.15) is 5.75 Å². The minimum atomic E-state index is -4.02. The Morgan fingerprint density at radius 3 is 2.52 bits per heavy atom. The zero-order valence-corrected chi connectivity index (χ0v) is 11.8. The molecule has 0 spiro atoms. The number of phenols is 1. The quantitative estimate of drug-likeness (QED) is 0.512. The van der Waals surface area contributed by atoms with Gasteiger partial charge in [0.05, 0.1) is 15.5 Å². The van der Waals surface area contributed by atoms with Crippen LogP contribution in [0.15, 0.2) is 47.4 Å². The Morgan fingerprint density at radius 1 is 1.19 bits per heavy atom. The highest BCUT2D eigenvalue weighted by molar-refractivity contribution is 7.92. The maximum Gasteiger partial charge on any atom is 0.270 e. The molecule has 0 bridgehead atoms. The Labute approximate surface area is 121 Å². The monoisotopic (exact) mass is 308 g/mol. The number of hydrogen-bond acceptors (Lipinski definition) is 5. The molecule has 0 aromatic heterocycles. The number of benzene rings is 2. The van der Waals surface area contributed by atoms with E-state index in [9.17, 15) is 23.6 Å². The first-order valence-electron chi connectivity index (χ1n) is 5.86. The van der Waals surface area contributed by atoms with Crippen LogP contribution >= 0.6 is 0 Å². The van der Waals surface area contributed by atoms with Gasteiger partial charge in [0.15, 0.2) is 0 Å². The highest BCUT2D eigenvalue weighted by Crippen LogP contribution is 2.27. The number of sulfonamides is 1. The lowest BCUT2D eigenvalue weighted by Gasteiger charge is -2.10. The smallest absolute Gasteiger partial charge is 0.270 e. The summed E-state index contributed by atoms with van der Waals surface area (Å²) in [5.41, 5.74) is 0.448. The molecule has 0 aliphatic carbocycles. The summed E-state index contributed by atoms with van der Waals surface area (Å²) in [5.74, 6) is -0.219. The molecule has 2 aromatic rings. The number of hydrogen-bond donors (Lipinski definition) is 2. The summed E-state index contributed by atoms with van der Waals surface area (Å²) in [4.78, 5) is 9.75. The molecule has 0 saturated heterocycles. The summed E-state index contributed by atoms with van der Waals surface area (Å²) in [6.07, 6.45) is 0. The zero-order chi connectivity index (χ0) is 15.6. The fourth-order valence-electron chi connectivity index (χ4n) is 1.70. The molecule has 0 amide bonds. The van der Waals surface area contributed by atoms with Gasteiger partial charge in [0.2, 0.25) is 0 Å². The summed E-state index contributed by atoms with van der Waals surface area (Å²) in [7, 11) is -4.02. The molecule has 0 radical (unpaired) electrons. The minimum absolute atomic E-state index is 0.00658. The number of rotatable bonds is 4. The standard InChI is InChI=1S/C13H12N2O5S/c1-9-5-6-12(13(16)7-9)14-21(19,20)11-4-2-3-10(8-11)15(17)18/h2-8,14,16H,1H3. The van der Waals surface area contributed by atoms with Crippen LogP contribution in [0, 0.1) is 17.0 Å². The second-order valence-electron chi connectivity index (χ2n) is 4.38. The molecular weight excluding hydrogens is 296 g/mol. The molecule has 0 atom stereocenters. The summed E-state index contributed by atoms with van der Waals surface area (Å²) in [6, 6.07) is 9.12. The van der Waals surface area contributed by atoms with E-state index in [-0.39, 0.29) is 22.0 Å². The normalized spacial score (nSPS) is 11.1. The molecule has 0 heterocycles. The van der Waals surface area contributed by atoms with Gasteiger partial charge < -0.3 is 5.11 Å². The molecule has 0 unspecified atom stereocenters. The van der Waals surface area contributed by atoms with E-state index in [2.05, 4.69) is 4.72 Å². The van der Waals surface area contributed by atoms with Gasteiger partial charge in [-0.25, -0.2) is 8.42 Å². The Morgan fingerprint density at radius 2 is 1.90 bits per heavy atom. The van der Waals surface area contributed by atoms with Gasteiger partial charge in [0.25, 0.3) is 15.7 Å². The molecule has 8 heteroatoms. The van der Waals surface area contributed by atoms with Crippen LogP contribution in [0.1, 0.15) is 5.56 Å². The van der Waals surface area contributed by atoms with Gasteiger partial charge in [0, 0.05) is 12.1 Å². The lowest BCUT2D eigenvalue weighted by molar-refractivity contribution is -0.385. The van der Waals surface area contributed by atoms with Crippen LogP contribution in [-0.2, 0) is 10.0 Å². The van der Waals surface area contributed by atoms with Crippen molar-refractivity contribution in [3.63, 3.8) is 0 Å². The third-order valence-corrected chi connectivity index (χ3v) is 4.10. The SMILES string of the molecule is Cc1ccc(NS(=O)(=O)c2cccc([N+](=O)[O-])c2)c(O)c1. The number of phenolic OH excluding ortho intramolecular Hbond substituents is 1. The van der Waals surface area contributed by atoms with E-state index in [0.29, 0.717) is 0 Å². The van der Waals surface area contributed by atoms with Crippen LogP contribution in [0.2, 0.25) is 0 Å². The highest BCUT2D eigenvalue weighted by Gasteiger charge is 2.19. The molecule has 0 aliphatic rings. The lowest BCUT2D eigenvalue weighted by atomic mass is 10.2. The second kappa shape index (κ2) is 5.41. The maximum absolute atomic E-state index is 12.2. The molecule has 2 N–H and O–H groups in total. The minimum Gasteiger partial charge on any atom is -0.506 e. The predicted molar refractivity (Wildman–Crippen MR) is 76.7 cm³/mol. The van der Waals surface area contributed by atoms with Crippen LogP contribution in [-0.4, -0.2) is 18.4 Å². The zero-order valence-electron chi connectivity index (χ0n) is 11.0. The van der Waals surface area contributed by atoms with E-state index >= 15 is 0 Å². The fourth-order valence-corrected chi connectivity index (χ4v) is 2.81. The van der Waals surface area contributed by atoms with Crippen molar-refractivity contribution in [2.45, 2.75) is 11.8 Å². The van der Waals surface area contributed by atoms with Crippen LogP contribution in [0.4, 0.5) is 11.4 Å². The number of nitrogens with one attached hydrogen (secondary N) is 1. The van der Waals surface area contributed by atoms with Crippen molar-refractivity contribution >= 4 is 21.4 Å². The van der Waals surface area contributed by atoms with E-state index in [0.717, 1.165) is 11.6 Å².